The van der Waals surface area contributed by atoms with Gasteiger partial charge in [-0.2, -0.15) is 0 Å². The van der Waals surface area contributed by atoms with Gasteiger partial charge in [0.1, 0.15) is 5.82 Å². The number of halogens is 1. The Morgan fingerprint density at radius 1 is 0.426 bits per heavy atom. The molecule has 1 nitrogen and oxygen atoms in total. The highest BCUT2D eigenvalue weighted by Crippen LogP contribution is 2.70. The van der Waals surface area contributed by atoms with Gasteiger partial charge in [-0.1, -0.05) is 133 Å². The Balaban J connectivity index is 1.23. The van der Waals surface area contributed by atoms with E-state index in [0.29, 0.717) is 17.5 Å². The molecule has 2 heteroatoms. The van der Waals surface area contributed by atoms with E-state index in [4.69, 9.17) is 0 Å². The van der Waals surface area contributed by atoms with Gasteiger partial charge >= 0.3 is 0 Å². The summed E-state index contributed by atoms with van der Waals surface area (Å²) >= 11 is 0. The molecule has 0 aromatic heterocycles. The number of benzene rings is 7. The highest BCUT2D eigenvalue weighted by molar-refractivity contribution is 5.98. The summed E-state index contributed by atoms with van der Waals surface area (Å²) in [4.78, 5) is 2.24. The zero-order valence-electron chi connectivity index (χ0n) is 30.3. The first-order valence-corrected chi connectivity index (χ1v) is 19.8. The minimum atomic E-state index is -0.244. The lowest BCUT2D eigenvalue weighted by Crippen LogP contribution is -2.55. The molecule has 54 heavy (non-hydrogen) atoms. The Labute approximate surface area is 317 Å². The van der Waals surface area contributed by atoms with Crippen molar-refractivity contribution >= 4 is 17.1 Å². The summed E-state index contributed by atoms with van der Waals surface area (Å²) in [5.74, 6) is 2.70. The van der Waals surface area contributed by atoms with Gasteiger partial charge < -0.3 is 4.90 Å². The molecule has 262 valence electrons. The van der Waals surface area contributed by atoms with Gasteiger partial charge in [-0.3, -0.25) is 0 Å². The molecule has 0 aliphatic heterocycles. The van der Waals surface area contributed by atoms with Gasteiger partial charge in [-0.15, -0.1) is 0 Å². The maximum atomic E-state index is 17.7. The van der Waals surface area contributed by atoms with Crippen molar-refractivity contribution in [2.24, 2.45) is 23.7 Å². The van der Waals surface area contributed by atoms with Crippen LogP contribution >= 0.6 is 0 Å². The molecule has 0 N–H and O–H groups in total. The Bertz CT molecular complexity index is 2480. The number of anilines is 3. The highest BCUT2D eigenvalue weighted by Gasteiger charge is 2.61. The van der Waals surface area contributed by atoms with Crippen LogP contribution in [0.15, 0.2) is 170 Å². The number of hydrogen-bond acceptors (Lipinski definition) is 1. The van der Waals surface area contributed by atoms with Crippen LogP contribution in [0.1, 0.15) is 43.2 Å². The van der Waals surface area contributed by atoms with Crippen LogP contribution in [0.25, 0.3) is 44.5 Å². The zero-order chi connectivity index (χ0) is 35.8. The maximum absolute atomic E-state index is 17.7. The second kappa shape index (κ2) is 12.4. The largest absolute Gasteiger partial charge is 0.307 e. The van der Waals surface area contributed by atoms with Crippen LogP contribution in [0, 0.1) is 29.5 Å². The third kappa shape index (κ3) is 4.75. The second-order valence-electron chi connectivity index (χ2n) is 16.3. The first-order chi connectivity index (χ1) is 26.7. The molecule has 0 heterocycles. The lowest BCUT2D eigenvalue weighted by atomic mass is 9.43. The summed E-state index contributed by atoms with van der Waals surface area (Å²) in [6.45, 7) is 0. The lowest BCUT2D eigenvalue weighted by molar-refractivity contribution is -0.0399. The molecule has 5 aliphatic carbocycles. The van der Waals surface area contributed by atoms with Gasteiger partial charge in [0.15, 0.2) is 0 Å². The molecular weight excluding hydrogens is 658 g/mol. The van der Waals surface area contributed by atoms with Crippen LogP contribution in [0.3, 0.4) is 0 Å². The summed E-state index contributed by atoms with van der Waals surface area (Å²) in [5, 5.41) is 0. The fraction of sp³-hybridized carbons (Fsp3) is 0.192. The van der Waals surface area contributed by atoms with Crippen molar-refractivity contribution in [1.29, 1.82) is 0 Å². The van der Waals surface area contributed by atoms with Crippen molar-refractivity contribution in [2.75, 3.05) is 4.90 Å². The minimum absolute atomic E-state index is 0.0242. The van der Waals surface area contributed by atoms with Gasteiger partial charge in [-0.05, 0) is 137 Å². The number of para-hydroxylation sites is 1. The SMILES string of the molecule is Fc1cc(-c2ccccc2)cc(-c2ccccc2)c1N(c1ccccc1)c1cc2c(cc1-c1ccccc1)-c1ccccc1C21C2CC3CC(C2)CC1C3. The van der Waals surface area contributed by atoms with Crippen LogP contribution in [0.5, 0.6) is 0 Å². The fourth-order valence-corrected chi connectivity index (χ4v) is 11.6. The number of nitrogens with zero attached hydrogens (tertiary/aromatic N) is 1. The van der Waals surface area contributed by atoms with E-state index in [9.17, 15) is 0 Å². The summed E-state index contributed by atoms with van der Waals surface area (Å²) in [6, 6.07) is 60.0. The molecule has 4 bridgehead atoms. The Kier molecular flexibility index (Phi) is 7.31. The van der Waals surface area contributed by atoms with Crippen LogP contribution in [0.2, 0.25) is 0 Å². The van der Waals surface area contributed by atoms with Crippen molar-refractivity contribution in [3.05, 3.63) is 187 Å². The number of hydrogen-bond donors (Lipinski definition) is 0. The van der Waals surface area contributed by atoms with E-state index >= 15 is 4.39 Å². The standard InChI is InChI=1S/C52H42FN/c53-49-31-39(36-15-5-1-6-16-36)30-45(38-19-9-3-10-20-38)51(49)54(42-21-11-4-12-22-42)50-33-48-46(32-44(50)37-17-7-2-8-18-37)43-23-13-14-24-47(43)52(48)40-26-34-25-35(28-40)29-41(52)27-34/h1-24,30-35,40-41H,25-29H2. The Morgan fingerprint density at radius 3 is 1.59 bits per heavy atom. The van der Waals surface area contributed by atoms with E-state index in [0.717, 1.165) is 56.6 Å². The molecule has 1 spiro atoms. The molecule has 0 saturated heterocycles. The summed E-state index contributed by atoms with van der Waals surface area (Å²) < 4.78 is 17.7. The Morgan fingerprint density at radius 2 is 0.963 bits per heavy atom. The smallest absolute Gasteiger partial charge is 0.148 e. The predicted molar refractivity (Wildman–Crippen MR) is 221 cm³/mol. The molecular formula is C52H42FN. The van der Waals surface area contributed by atoms with Gasteiger partial charge in [0, 0.05) is 22.2 Å². The molecule has 0 radical (unpaired) electrons. The molecule has 4 saturated carbocycles. The minimum Gasteiger partial charge on any atom is -0.307 e. The lowest BCUT2D eigenvalue weighted by Gasteiger charge is -2.61. The van der Waals surface area contributed by atoms with Gasteiger partial charge in [0.05, 0.1) is 11.4 Å². The van der Waals surface area contributed by atoms with Crippen LogP contribution in [-0.2, 0) is 5.41 Å². The van der Waals surface area contributed by atoms with Crippen molar-refractivity contribution < 1.29 is 4.39 Å². The van der Waals surface area contributed by atoms with Gasteiger partial charge in [-0.25, -0.2) is 4.39 Å². The van der Waals surface area contributed by atoms with E-state index in [-0.39, 0.29) is 11.2 Å². The number of rotatable bonds is 6. The third-order valence-corrected chi connectivity index (χ3v) is 13.5. The second-order valence-corrected chi connectivity index (χ2v) is 16.3. The van der Waals surface area contributed by atoms with E-state index in [1.165, 1.54) is 54.4 Å². The summed E-state index contributed by atoms with van der Waals surface area (Å²) in [6.07, 6.45) is 6.66. The maximum Gasteiger partial charge on any atom is 0.148 e. The molecule has 5 aliphatic rings. The Hall–Kier alpha value is -5.73. The van der Waals surface area contributed by atoms with Crippen molar-refractivity contribution in [3.63, 3.8) is 0 Å². The van der Waals surface area contributed by atoms with Crippen molar-refractivity contribution in [1.82, 2.24) is 0 Å². The third-order valence-electron chi connectivity index (χ3n) is 13.5. The van der Waals surface area contributed by atoms with E-state index in [2.05, 4.69) is 144 Å². The molecule has 12 rings (SSSR count). The van der Waals surface area contributed by atoms with Crippen molar-refractivity contribution in [3.8, 4) is 44.5 Å². The van der Waals surface area contributed by atoms with Gasteiger partial charge in [0.25, 0.3) is 0 Å². The van der Waals surface area contributed by atoms with Crippen molar-refractivity contribution in [2.45, 2.75) is 37.5 Å². The first-order valence-electron chi connectivity index (χ1n) is 19.8. The highest BCUT2D eigenvalue weighted by atomic mass is 19.1. The van der Waals surface area contributed by atoms with Gasteiger partial charge in [0.2, 0.25) is 0 Å². The van der Waals surface area contributed by atoms with Crippen LogP contribution < -0.4 is 4.90 Å². The average Bonchev–Trinajstić information content (AvgIpc) is 3.51. The molecule has 0 atom stereocenters. The summed E-state index contributed by atoms with van der Waals surface area (Å²) in [7, 11) is 0. The topological polar surface area (TPSA) is 3.24 Å². The van der Waals surface area contributed by atoms with E-state index < -0.39 is 0 Å². The van der Waals surface area contributed by atoms with E-state index in [1.54, 1.807) is 6.07 Å². The molecule has 7 aromatic rings. The van der Waals surface area contributed by atoms with E-state index in [1.807, 2.05) is 24.3 Å². The fourth-order valence-electron chi connectivity index (χ4n) is 11.6. The quantitative estimate of drug-likeness (QED) is 0.167. The summed E-state index contributed by atoms with van der Waals surface area (Å²) in [5.41, 5.74) is 14.2. The van der Waals surface area contributed by atoms with Crippen LogP contribution in [-0.4, -0.2) is 0 Å². The first kappa shape index (κ1) is 31.8. The molecule has 7 aromatic carbocycles. The molecule has 0 amide bonds. The zero-order valence-corrected chi connectivity index (χ0v) is 30.3. The molecule has 0 unspecified atom stereocenters. The normalized spacial score (nSPS) is 23.0. The number of fused-ring (bicyclic) bond motifs is 3. The average molecular weight is 700 g/mol. The monoisotopic (exact) mass is 699 g/mol. The molecule has 4 fully saturated rings. The predicted octanol–water partition coefficient (Wildman–Crippen LogP) is 14.0. The van der Waals surface area contributed by atoms with Crippen LogP contribution in [0.4, 0.5) is 21.5 Å².